The quantitative estimate of drug-likeness (QED) is 0.238. The molecule has 0 amide bonds. The fourth-order valence-electron chi connectivity index (χ4n) is 2.05. The van der Waals surface area contributed by atoms with E-state index >= 15 is 0 Å². The maximum Gasteiger partial charge on any atom is 0.389 e. The molecule has 1 aromatic rings. The number of rotatable bonds is 8. The third kappa shape index (κ3) is 6.74. The number of thioether (sulfide) groups is 1. The summed E-state index contributed by atoms with van der Waals surface area (Å²) in [5, 5.41) is -1.30. The topological polar surface area (TPSA) is 38.7 Å². The van der Waals surface area contributed by atoms with Crippen LogP contribution in [0.25, 0.3) is 0 Å². The van der Waals surface area contributed by atoms with Crippen LogP contribution in [0.5, 0.6) is 0 Å². The van der Waals surface area contributed by atoms with E-state index in [1.165, 1.54) is 6.92 Å². The number of benzene rings is 1. The van der Waals surface area contributed by atoms with Gasteiger partial charge < -0.3 is 4.74 Å². The predicted octanol–water partition coefficient (Wildman–Crippen LogP) is 5.53. The summed E-state index contributed by atoms with van der Waals surface area (Å²) in [6.07, 6.45) is -3.55. The minimum atomic E-state index is -4.47. The van der Waals surface area contributed by atoms with Crippen molar-refractivity contribution in [3.8, 4) is 0 Å². The zero-order valence-corrected chi connectivity index (χ0v) is 15.8. The second-order valence-electron chi connectivity index (χ2n) is 5.46. The molecule has 0 saturated carbocycles. The van der Waals surface area contributed by atoms with Crippen molar-refractivity contribution in [3.05, 3.63) is 59.6 Å². The van der Waals surface area contributed by atoms with Crippen molar-refractivity contribution in [2.75, 3.05) is 12.9 Å². The van der Waals surface area contributed by atoms with Crippen LogP contribution in [0, 0.1) is 17.5 Å². The Morgan fingerprint density at radius 1 is 1.29 bits per heavy atom. The molecule has 10 heteroatoms. The zero-order valence-electron chi connectivity index (χ0n) is 14.9. The minimum absolute atomic E-state index is 0.0961. The number of methoxy groups -OCH3 is 1. The van der Waals surface area contributed by atoms with E-state index in [-0.39, 0.29) is 11.3 Å². The van der Waals surface area contributed by atoms with Gasteiger partial charge >= 0.3 is 12.1 Å². The molecule has 0 radical (unpaired) electrons. The van der Waals surface area contributed by atoms with Gasteiger partial charge in [-0.3, -0.25) is 0 Å². The molecule has 0 aliphatic heterocycles. The van der Waals surface area contributed by atoms with Crippen LogP contribution in [0.15, 0.2) is 41.6 Å². The molecule has 0 bridgehead atoms. The molecule has 0 aliphatic rings. The number of carbonyl (C=O) groups excluding carboxylic acids is 1. The first-order valence-corrected chi connectivity index (χ1v) is 8.83. The van der Waals surface area contributed by atoms with E-state index in [0.29, 0.717) is 23.9 Å². The van der Waals surface area contributed by atoms with Crippen LogP contribution in [0.1, 0.15) is 24.2 Å². The first-order valence-electron chi connectivity index (χ1n) is 7.78. The second-order valence-corrected chi connectivity index (χ2v) is 6.67. The highest BCUT2D eigenvalue weighted by Crippen LogP contribution is 2.40. The van der Waals surface area contributed by atoms with Crippen LogP contribution >= 0.6 is 11.8 Å². The average Bonchev–Trinajstić information content (AvgIpc) is 2.62. The maximum absolute atomic E-state index is 14.2. The van der Waals surface area contributed by atoms with E-state index in [0.717, 1.165) is 19.4 Å². The summed E-state index contributed by atoms with van der Waals surface area (Å²) >= 11 is 0.574. The minimum Gasteiger partial charge on any atom is -0.464 e. The lowest BCUT2D eigenvalue weighted by atomic mass is 10.0. The first-order chi connectivity index (χ1) is 13.0. The number of carbonyl (C=O) groups is 1. The Labute approximate surface area is 162 Å². The summed E-state index contributed by atoms with van der Waals surface area (Å²) in [5.41, 5.74) is -0.853. The molecule has 0 heterocycles. The van der Waals surface area contributed by atoms with Crippen molar-refractivity contribution in [2.45, 2.75) is 24.8 Å². The number of hydrogen-bond donors (Lipinski definition) is 0. The van der Waals surface area contributed by atoms with Crippen LogP contribution in [0.2, 0.25) is 0 Å². The molecule has 154 valence electrons. The zero-order chi connectivity index (χ0) is 21.5. The smallest absolute Gasteiger partial charge is 0.389 e. The van der Waals surface area contributed by atoms with Crippen molar-refractivity contribution >= 4 is 23.4 Å². The lowest BCUT2D eigenvalue weighted by Gasteiger charge is -2.20. The molecule has 1 unspecified atom stereocenters. The van der Waals surface area contributed by atoms with Crippen LogP contribution in [-0.2, 0) is 9.53 Å². The van der Waals surface area contributed by atoms with Gasteiger partial charge in [0.25, 0.3) is 0 Å². The van der Waals surface area contributed by atoms with Gasteiger partial charge in [0.15, 0.2) is 11.6 Å². The highest BCUT2D eigenvalue weighted by atomic mass is 32.2. The van der Waals surface area contributed by atoms with Crippen LogP contribution in [0.4, 0.5) is 26.3 Å². The Hall–Kier alpha value is -2.23. The molecule has 0 N–H and O–H groups in total. The molecule has 0 fully saturated rings. The number of halogens is 6. The number of esters is 1. The van der Waals surface area contributed by atoms with E-state index in [9.17, 15) is 31.1 Å². The Bertz CT molecular complexity index is 789. The van der Waals surface area contributed by atoms with Gasteiger partial charge in [0, 0.05) is 17.5 Å². The fourth-order valence-corrected chi connectivity index (χ4v) is 3.34. The van der Waals surface area contributed by atoms with Gasteiger partial charge in [0.05, 0.1) is 18.8 Å². The average molecular weight is 425 g/mol. The van der Waals surface area contributed by atoms with E-state index < -0.39 is 52.6 Å². The summed E-state index contributed by atoms with van der Waals surface area (Å²) in [7, 11) is 1.10. The predicted molar refractivity (Wildman–Crippen MR) is 95.6 cm³/mol. The molecule has 28 heavy (non-hydrogen) atoms. The van der Waals surface area contributed by atoms with Crippen LogP contribution in [0.3, 0.4) is 0 Å². The number of alkyl halides is 3. The van der Waals surface area contributed by atoms with E-state index in [2.05, 4.69) is 16.3 Å². The third-order valence-corrected chi connectivity index (χ3v) is 4.80. The summed E-state index contributed by atoms with van der Waals surface area (Å²) in [6.45, 7) is 4.71. The molecule has 0 saturated heterocycles. The first kappa shape index (κ1) is 23.8. The van der Waals surface area contributed by atoms with E-state index in [1.54, 1.807) is 0 Å². The molecule has 1 atom stereocenters. The van der Waals surface area contributed by atoms with Gasteiger partial charge in [-0.25, -0.2) is 23.0 Å². The number of hydrogen-bond acceptors (Lipinski definition) is 4. The summed E-state index contributed by atoms with van der Waals surface area (Å²) in [5.74, 6) is -5.31. The summed E-state index contributed by atoms with van der Waals surface area (Å²) in [6, 6.07) is 1.26. The number of aliphatic imine (C=N–C) groups is 1. The fraction of sp³-hybridized carbons (Fsp3) is 0.333. The molecule has 3 nitrogen and oxygen atoms in total. The van der Waals surface area contributed by atoms with Gasteiger partial charge in [0.1, 0.15) is 11.5 Å². The van der Waals surface area contributed by atoms with Crippen molar-refractivity contribution < 1.29 is 35.9 Å². The number of ether oxygens (including phenoxy) is 1. The summed E-state index contributed by atoms with van der Waals surface area (Å²) < 4.78 is 83.7. The molecule has 0 spiro atoms. The molecular formula is C18H17F6NO2S. The largest absolute Gasteiger partial charge is 0.464 e. The molecular weight excluding hydrogens is 408 g/mol. The van der Waals surface area contributed by atoms with Crippen LogP contribution in [-0.4, -0.2) is 30.7 Å². The number of nitrogens with zero attached hydrogens (tertiary/aromatic N) is 1. The molecule has 1 rings (SSSR count). The molecule has 0 aliphatic carbocycles. The van der Waals surface area contributed by atoms with Gasteiger partial charge in [-0.15, -0.1) is 11.8 Å². The van der Waals surface area contributed by atoms with Gasteiger partial charge in [-0.1, -0.05) is 6.58 Å². The van der Waals surface area contributed by atoms with Crippen LogP contribution < -0.4 is 0 Å². The van der Waals surface area contributed by atoms with E-state index in [1.807, 2.05) is 0 Å². The van der Waals surface area contributed by atoms with Gasteiger partial charge in [-0.05, 0) is 30.7 Å². The van der Waals surface area contributed by atoms with Gasteiger partial charge in [0.2, 0.25) is 0 Å². The van der Waals surface area contributed by atoms with E-state index in [4.69, 9.17) is 0 Å². The Morgan fingerprint density at radius 2 is 1.89 bits per heavy atom. The standard InChI is InChI=1S/C18H17F6NO2S/c1-4-13(17(26)27-3)25-9-10(2)16(28-8-7-18(22,23)24)14-11(19)5-6-12(20)15(14)21/h4-6,9,16H,1,7-8H2,2-3H3/b10-9+,25-13?. The highest BCUT2D eigenvalue weighted by molar-refractivity contribution is 7.99. The second kappa shape index (κ2) is 10.4. The van der Waals surface area contributed by atoms with Gasteiger partial charge in [-0.2, -0.15) is 13.2 Å². The van der Waals surface area contributed by atoms with Crippen molar-refractivity contribution in [2.24, 2.45) is 4.99 Å². The van der Waals surface area contributed by atoms with Crippen molar-refractivity contribution in [1.82, 2.24) is 0 Å². The Morgan fingerprint density at radius 3 is 2.43 bits per heavy atom. The Kier molecular flexibility index (Phi) is 8.80. The summed E-state index contributed by atoms with van der Waals surface area (Å²) in [4.78, 5) is 15.3. The highest BCUT2D eigenvalue weighted by Gasteiger charge is 2.29. The molecule has 1 aromatic carbocycles. The SMILES string of the molecule is C=CC(=N/C=C(\C)C(SCCC(F)(F)F)c1c(F)ccc(F)c1F)C(=O)OC. The Balaban J connectivity index is 3.33. The normalized spacial score (nSPS) is 14.0. The molecule has 0 aromatic heterocycles. The lowest BCUT2D eigenvalue weighted by Crippen LogP contribution is -2.13. The van der Waals surface area contributed by atoms with Crippen molar-refractivity contribution in [1.29, 1.82) is 0 Å². The lowest BCUT2D eigenvalue weighted by molar-refractivity contribution is -0.132. The maximum atomic E-state index is 14.2. The monoisotopic (exact) mass is 425 g/mol. The van der Waals surface area contributed by atoms with Crippen molar-refractivity contribution in [3.63, 3.8) is 0 Å². The third-order valence-electron chi connectivity index (χ3n) is 3.42.